The minimum absolute atomic E-state index is 0.300. The molecule has 6 nitrogen and oxygen atoms in total. The summed E-state index contributed by atoms with van der Waals surface area (Å²) in [6.45, 7) is 7.59. The molecule has 3 rings (SSSR count). The number of thiocarbonyl (C=S) groups is 1. The lowest BCUT2D eigenvalue weighted by molar-refractivity contribution is 0.0601. The summed E-state index contributed by atoms with van der Waals surface area (Å²) in [6.07, 6.45) is 3.03. The average Bonchev–Trinajstić information content (AvgIpc) is 3.26. The Morgan fingerprint density at radius 3 is 2.81 bits per heavy atom. The molecule has 2 heterocycles. The molecule has 2 N–H and O–H groups in total. The molecule has 0 fully saturated rings. The van der Waals surface area contributed by atoms with Crippen molar-refractivity contribution >= 4 is 39.6 Å². The van der Waals surface area contributed by atoms with Gasteiger partial charge in [0.1, 0.15) is 5.00 Å². The molecule has 0 unspecified atom stereocenters. The van der Waals surface area contributed by atoms with Gasteiger partial charge in [-0.3, -0.25) is 4.68 Å². The molecule has 0 radical (unpaired) electrons. The summed E-state index contributed by atoms with van der Waals surface area (Å²) in [7, 11) is 1.42. The van der Waals surface area contributed by atoms with Crippen molar-refractivity contribution in [2.24, 2.45) is 0 Å². The maximum atomic E-state index is 12.2. The molecule has 140 valence electrons. The number of fused-ring (bicyclic) bond motifs is 1. The van der Waals surface area contributed by atoms with Gasteiger partial charge in [0.05, 0.1) is 18.4 Å². The molecule has 0 saturated carbocycles. The van der Waals surface area contributed by atoms with Gasteiger partial charge in [0, 0.05) is 29.2 Å². The summed E-state index contributed by atoms with van der Waals surface area (Å²) in [4.78, 5) is 13.5. The summed E-state index contributed by atoms with van der Waals surface area (Å²) >= 11 is 7.05. The van der Waals surface area contributed by atoms with E-state index in [2.05, 4.69) is 29.6 Å². The number of carbonyl (C=O) groups excluding carboxylic acids is 1. The predicted molar refractivity (Wildman–Crippen MR) is 108 cm³/mol. The fourth-order valence-corrected chi connectivity index (χ4v) is 4.94. The Morgan fingerprint density at radius 1 is 1.38 bits per heavy atom. The highest BCUT2D eigenvalue weighted by Crippen LogP contribution is 2.39. The van der Waals surface area contributed by atoms with Crippen LogP contribution in [-0.4, -0.2) is 28.0 Å². The summed E-state index contributed by atoms with van der Waals surface area (Å²) in [5.41, 5.74) is 5.05. The number of carbonyl (C=O) groups is 1. The van der Waals surface area contributed by atoms with Crippen LogP contribution in [-0.2, 0) is 30.7 Å². The first kappa shape index (κ1) is 18.8. The standard InChI is InChI=1S/C18H24N4O2S2/c1-5-22-11(3)13(10(2)21-22)9-19-18(25)20-16-15(17(23)24-4)12-7-6-8-14(12)26-16/h5-9H2,1-4H3,(H2,19,20,25). The van der Waals surface area contributed by atoms with E-state index in [4.69, 9.17) is 17.0 Å². The monoisotopic (exact) mass is 392 g/mol. The minimum Gasteiger partial charge on any atom is -0.465 e. The van der Waals surface area contributed by atoms with E-state index in [1.54, 1.807) is 11.3 Å². The van der Waals surface area contributed by atoms with E-state index in [9.17, 15) is 4.79 Å². The molecule has 0 atom stereocenters. The van der Waals surface area contributed by atoms with Crippen molar-refractivity contribution in [3.05, 3.63) is 33.0 Å². The second-order valence-corrected chi connectivity index (χ2v) is 7.84. The van der Waals surface area contributed by atoms with Gasteiger partial charge in [-0.15, -0.1) is 11.3 Å². The highest BCUT2D eigenvalue weighted by atomic mass is 32.1. The number of nitrogens with zero attached hydrogens (tertiary/aromatic N) is 2. The second kappa shape index (κ2) is 7.75. The number of aryl methyl sites for hydroxylation is 3. The van der Waals surface area contributed by atoms with Gasteiger partial charge in [0.15, 0.2) is 5.11 Å². The number of esters is 1. The van der Waals surface area contributed by atoms with Crippen LogP contribution in [0.4, 0.5) is 5.00 Å². The first-order valence-electron chi connectivity index (χ1n) is 8.76. The number of aromatic nitrogens is 2. The average molecular weight is 393 g/mol. The molecule has 0 bridgehead atoms. The fourth-order valence-electron chi connectivity index (χ4n) is 3.42. The number of anilines is 1. The van der Waals surface area contributed by atoms with Crippen molar-refractivity contribution in [3.8, 4) is 0 Å². The summed E-state index contributed by atoms with van der Waals surface area (Å²) in [5.74, 6) is -0.300. The van der Waals surface area contributed by atoms with Crippen LogP contribution in [0.2, 0.25) is 0 Å². The number of ether oxygens (including phenoxy) is 1. The van der Waals surface area contributed by atoms with Crippen LogP contribution in [0.5, 0.6) is 0 Å². The van der Waals surface area contributed by atoms with Crippen molar-refractivity contribution in [2.75, 3.05) is 12.4 Å². The van der Waals surface area contributed by atoms with Crippen molar-refractivity contribution in [3.63, 3.8) is 0 Å². The van der Waals surface area contributed by atoms with Crippen molar-refractivity contribution in [1.29, 1.82) is 0 Å². The molecule has 8 heteroatoms. The number of hydrogen-bond donors (Lipinski definition) is 2. The molecule has 1 aliphatic carbocycles. The van der Waals surface area contributed by atoms with E-state index < -0.39 is 0 Å². The molecule has 26 heavy (non-hydrogen) atoms. The van der Waals surface area contributed by atoms with Gasteiger partial charge in [0.25, 0.3) is 0 Å². The molecule has 0 amide bonds. The maximum Gasteiger partial charge on any atom is 0.341 e. The van der Waals surface area contributed by atoms with Gasteiger partial charge in [-0.05, 0) is 57.8 Å². The molecular weight excluding hydrogens is 368 g/mol. The smallest absolute Gasteiger partial charge is 0.341 e. The lowest BCUT2D eigenvalue weighted by atomic mass is 10.1. The summed E-state index contributed by atoms with van der Waals surface area (Å²) in [5, 5.41) is 12.2. The topological polar surface area (TPSA) is 68.2 Å². The van der Waals surface area contributed by atoms with Gasteiger partial charge in [-0.1, -0.05) is 0 Å². The zero-order chi connectivity index (χ0) is 18.8. The van der Waals surface area contributed by atoms with E-state index in [-0.39, 0.29) is 5.97 Å². The van der Waals surface area contributed by atoms with Gasteiger partial charge in [-0.2, -0.15) is 5.10 Å². The van der Waals surface area contributed by atoms with Crippen LogP contribution in [0.15, 0.2) is 0 Å². The number of rotatable bonds is 5. The maximum absolute atomic E-state index is 12.2. The second-order valence-electron chi connectivity index (χ2n) is 6.33. The van der Waals surface area contributed by atoms with Crippen LogP contribution in [0.1, 0.15) is 51.1 Å². The summed E-state index contributed by atoms with van der Waals surface area (Å²) in [6, 6.07) is 0. The van der Waals surface area contributed by atoms with Crippen molar-refractivity contribution in [1.82, 2.24) is 15.1 Å². The van der Waals surface area contributed by atoms with Crippen LogP contribution < -0.4 is 10.6 Å². The van der Waals surface area contributed by atoms with Crippen LogP contribution >= 0.6 is 23.6 Å². The molecule has 1 aliphatic rings. The molecule has 0 aromatic carbocycles. The Balaban J connectivity index is 1.71. The normalized spacial score (nSPS) is 12.8. The Kier molecular flexibility index (Phi) is 5.62. The highest BCUT2D eigenvalue weighted by molar-refractivity contribution is 7.80. The lowest BCUT2D eigenvalue weighted by Gasteiger charge is -2.11. The number of methoxy groups -OCH3 is 1. The van der Waals surface area contributed by atoms with E-state index in [0.29, 0.717) is 17.2 Å². The number of hydrogen-bond acceptors (Lipinski definition) is 5. The van der Waals surface area contributed by atoms with Crippen molar-refractivity contribution in [2.45, 2.75) is 53.1 Å². The van der Waals surface area contributed by atoms with E-state index in [1.807, 2.05) is 11.6 Å². The molecule has 0 aliphatic heterocycles. The largest absolute Gasteiger partial charge is 0.465 e. The van der Waals surface area contributed by atoms with Crippen LogP contribution in [0, 0.1) is 13.8 Å². The molecule has 0 spiro atoms. The molecule has 2 aromatic heterocycles. The Hall–Kier alpha value is -1.93. The number of nitrogens with one attached hydrogen (secondary N) is 2. The minimum atomic E-state index is -0.300. The SMILES string of the molecule is CCn1nc(C)c(CNC(=S)Nc2sc3c(c2C(=O)OC)CCC3)c1C. The number of thiophene rings is 1. The molecule has 2 aromatic rings. The third-order valence-electron chi connectivity index (χ3n) is 4.79. The lowest BCUT2D eigenvalue weighted by Crippen LogP contribution is -2.28. The first-order valence-corrected chi connectivity index (χ1v) is 9.99. The van der Waals surface area contributed by atoms with Crippen LogP contribution in [0.25, 0.3) is 0 Å². The summed E-state index contributed by atoms with van der Waals surface area (Å²) < 4.78 is 6.96. The predicted octanol–water partition coefficient (Wildman–Crippen LogP) is 3.34. The Morgan fingerprint density at radius 2 is 2.15 bits per heavy atom. The van der Waals surface area contributed by atoms with Crippen molar-refractivity contribution < 1.29 is 9.53 Å². The van der Waals surface area contributed by atoms with Gasteiger partial charge < -0.3 is 15.4 Å². The highest BCUT2D eigenvalue weighted by Gasteiger charge is 2.27. The molecule has 0 saturated heterocycles. The fraction of sp³-hybridized carbons (Fsp3) is 0.500. The Bertz CT molecular complexity index is 854. The van der Waals surface area contributed by atoms with Gasteiger partial charge >= 0.3 is 5.97 Å². The van der Waals surface area contributed by atoms with E-state index in [1.165, 1.54) is 12.0 Å². The third-order valence-corrected chi connectivity index (χ3v) is 6.25. The van der Waals surface area contributed by atoms with Crippen LogP contribution in [0.3, 0.4) is 0 Å². The quantitative estimate of drug-likeness (QED) is 0.601. The van der Waals surface area contributed by atoms with E-state index in [0.717, 1.165) is 53.3 Å². The van der Waals surface area contributed by atoms with E-state index >= 15 is 0 Å². The van der Waals surface area contributed by atoms with Gasteiger partial charge in [-0.25, -0.2) is 4.79 Å². The third kappa shape index (κ3) is 3.48. The zero-order valence-electron chi connectivity index (χ0n) is 15.6. The zero-order valence-corrected chi connectivity index (χ0v) is 17.2. The Labute approximate surface area is 162 Å². The first-order chi connectivity index (χ1) is 12.5. The van der Waals surface area contributed by atoms with Gasteiger partial charge in [0.2, 0.25) is 0 Å². The molecular formula is C18H24N4O2S2.